The topological polar surface area (TPSA) is 29.1 Å². The van der Waals surface area contributed by atoms with Crippen molar-refractivity contribution in [2.45, 2.75) is 32.1 Å². The minimum Gasteiger partial charge on any atom is -0.319 e. The van der Waals surface area contributed by atoms with E-state index in [2.05, 4.69) is 11.4 Å². The monoisotopic (exact) mass is 231 g/mol. The predicted octanol–water partition coefficient (Wildman–Crippen LogP) is 2.82. The van der Waals surface area contributed by atoms with E-state index < -0.39 is 0 Å². The van der Waals surface area contributed by atoms with Crippen LogP contribution >= 0.6 is 0 Å². The summed E-state index contributed by atoms with van der Waals surface area (Å²) < 4.78 is 0. The van der Waals surface area contributed by atoms with E-state index in [4.69, 9.17) is 0 Å². The molecule has 0 unspecified atom stereocenters. The smallest absolute Gasteiger partial charge is 0.166 e. The van der Waals surface area contributed by atoms with E-state index in [1.165, 1.54) is 18.4 Å². The van der Waals surface area contributed by atoms with Crippen molar-refractivity contribution in [3.63, 3.8) is 0 Å². The Morgan fingerprint density at radius 3 is 2.71 bits per heavy atom. The first kappa shape index (κ1) is 12.3. The van der Waals surface area contributed by atoms with Crippen molar-refractivity contribution in [2.75, 3.05) is 13.6 Å². The summed E-state index contributed by atoms with van der Waals surface area (Å²) in [6.07, 6.45) is 5.54. The highest BCUT2D eigenvalue weighted by atomic mass is 16.1. The van der Waals surface area contributed by atoms with Crippen LogP contribution in [0.3, 0.4) is 0 Å². The van der Waals surface area contributed by atoms with E-state index in [9.17, 15) is 4.79 Å². The van der Waals surface area contributed by atoms with Crippen molar-refractivity contribution in [2.24, 2.45) is 5.92 Å². The second-order valence-corrected chi connectivity index (χ2v) is 4.86. The maximum Gasteiger partial charge on any atom is 0.166 e. The molecule has 1 fully saturated rings. The zero-order valence-electron chi connectivity index (χ0n) is 10.5. The van der Waals surface area contributed by atoms with Crippen LogP contribution in [0, 0.1) is 5.92 Å². The molecule has 1 aliphatic carbocycles. The molecule has 1 aliphatic rings. The molecule has 92 valence electrons. The quantitative estimate of drug-likeness (QED) is 0.789. The van der Waals surface area contributed by atoms with Crippen molar-refractivity contribution >= 4 is 5.78 Å². The van der Waals surface area contributed by atoms with Gasteiger partial charge in [-0.25, -0.2) is 0 Å². The zero-order valence-corrected chi connectivity index (χ0v) is 10.5. The molecule has 0 amide bonds. The first-order valence-electron chi connectivity index (χ1n) is 6.59. The van der Waals surface area contributed by atoms with Gasteiger partial charge in [-0.2, -0.15) is 0 Å². The third-order valence-electron chi connectivity index (χ3n) is 3.65. The molecule has 1 aromatic rings. The standard InChI is InChI=1S/C15H21NO/c1-16-11-10-12-6-4-5-9-14(12)15(17)13-7-2-3-8-13/h4-6,9,13,16H,2-3,7-8,10-11H2,1H3. The molecule has 1 aromatic carbocycles. The Morgan fingerprint density at radius 2 is 2.00 bits per heavy atom. The largest absolute Gasteiger partial charge is 0.319 e. The molecule has 0 atom stereocenters. The number of ketones is 1. The molecule has 0 aliphatic heterocycles. The van der Waals surface area contributed by atoms with Crippen LogP contribution in [0.2, 0.25) is 0 Å². The molecule has 0 aromatic heterocycles. The average molecular weight is 231 g/mol. The summed E-state index contributed by atoms with van der Waals surface area (Å²) in [7, 11) is 1.95. The molecular weight excluding hydrogens is 210 g/mol. The van der Waals surface area contributed by atoms with Crippen LogP contribution in [0.1, 0.15) is 41.6 Å². The summed E-state index contributed by atoms with van der Waals surface area (Å²) in [6.45, 7) is 0.926. The summed E-state index contributed by atoms with van der Waals surface area (Å²) in [5.41, 5.74) is 2.15. The second-order valence-electron chi connectivity index (χ2n) is 4.86. The van der Waals surface area contributed by atoms with E-state index >= 15 is 0 Å². The molecule has 2 rings (SSSR count). The van der Waals surface area contributed by atoms with E-state index in [1.54, 1.807) is 0 Å². The van der Waals surface area contributed by atoms with Crippen LogP contribution in [0.4, 0.5) is 0 Å². The number of hydrogen-bond acceptors (Lipinski definition) is 2. The number of rotatable bonds is 5. The fourth-order valence-electron chi connectivity index (χ4n) is 2.65. The Morgan fingerprint density at radius 1 is 1.29 bits per heavy atom. The van der Waals surface area contributed by atoms with Gasteiger partial charge < -0.3 is 5.32 Å². The molecule has 17 heavy (non-hydrogen) atoms. The van der Waals surface area contributed by atoms with Gasteiger partial charge >= 0.3 is 0 Å². The SMILES string of the molecule is CNCCc1ccccc1C(=O)C1CCCC1. The van der Waals surface area contributed by atoms with Gasteiger partial charge in [-0.1, -0.05) is 37.1 Å². The van der Waals surface area contributed by atoms with Gasteiger partial charge in [0.1, 0.15) is 0 Å². The minimum atomic E-state index is 0.283. The van der Waals surface area contributed by atoms with E-state index in [0.29, 0.717) is 5.78 Å². The lowest BCUT2D eigenvalue weighted by Crippen LogP contribution is -2.16. The van der Waals surface area contributed by atoms with Crippen LogP contribution < -0.4 is 5.32 Å². The number of carbonyl (C=O) groups is 1. The van der Waals surface area contributed by atoms with Gasteiger partial charge in [0, 0.05) is 11.5 Å². The van der Waals surface area contributed by atoms with Gasteiger partial charge in [0.15, 0.2) is 5.78 Å². The normalized spacial score (nSPS) is 16.3. The molecule has 0 radical (unpaired) electrons. The Bertz CT molecular complexity index is 380. The fraction of sp³-hybridized carbons (Fsp3) is 0.533. The van der Waals surface area contributed by atoms with E-state index in [0.717, 1.165) is 31.4 Å². The molecule has 1 saturated carbocycles. The minimum absolute atomic E-state index is 0.283. The third kappa shape index (κ3) is 2.95. The van der Waals surface area contributed by atoms with Crippen molar-refractivity contribution in [3.8, 4) is 0 Å². The van der Waals surface area contributed by atoms with Gasteiger partial charge in [-0.3, -0.25) is 4.79 Å². The molecule has 1 N–H and O–H groups in total. The Labute approximate surface area is 103 Å². The van der Waals surface area contributed by atoms with Gasteiger partial charge in [0.25, 0.3) is 0 Å². The lowest BCUT2D eigenvalue weighted by Gasteiger charge is -2.12. The number of likely N-dealkylation sites (N-methyl/N-ethyl adjacent to an activating group) is 1. The highest BCUT2D eigenvalue weighted by Gasteiger charge is 2.24. The van der Waals surface area contributed by atoms with E-state index in [-0.39, 0.29) is 5.92 Å². The Balaban J connectivity index is 2.15. The fourth-order valence-corrected chi connectivity index (χ4v) is 2.65. The average Bonchev–Trinajstić information content (AvgIpc) is 2.89. The Hall–Kier alpha value is -1.15. The second kappa shape index (κ2) is 5.97. The number of carbonyl (C=O) groups excluding carboxylic acids is 1. The van der Waals surface area contributed by atoms with Crippen LogP contribution in [-0.4, -0.2) is 19.4 Å². The van der Waals surface area contributed by atoms with Gasteiger partial charge in [0.05, 0.1) is 0 Å². The third-order valence-corrected chi connectivity index (χ3v) is 3.65. The summed E-state index contributed by atoms with van der Waals surface area (Å²) in [4.78, 5) is 12.4. The number of Topliss-reactive ketones (excluding diaryl/α,β-unsaturated/α-hetero) is 1. The number of hydrogen-bond donors (Lipinski definition) is 1. The molecule has 2 heteroatoms. The predicted molar refractivity (Wildman–Crippen MR) is 70.4 cm³/mol. The molecule has 0 heterocycles. The Kier molecular flexibility index (Phi) is 4.32. The van der Waals surface area contributed by atoms with Gasteiger partial charge in [-0.15, -0.1) is 0 Å². The van der Waals surface area contributed by atoms with Crippen molar-refractivity contribution in [3.05, 3.63) is 35.4 Å². The summed E-state index contributed by atoms with van der Waals surface area (Å²) >= 11 is 0. The van der Waals surface area contributed by atoms with Crippen LogP contribution in [0.5, 0.6) is 0 Å². The molecule has 0 bridgehead atoms. The van der Waals surface area contributed by atoms with Crippen molar-refractivity contribution in [1.29, 1.82) is 0 Å². The molecular formula is C15H21NO. The van der Waals surface area contributed by atoms with Crippen LogP contribution in [0.15, 0.2) is 24.3 Å². The van der Waals surface area contributed by atoms with Crippen LogP contribution in [0.25, 0.3) is 0 Å². The summed E-state index contributed by atoms with van der Waals surface area (Å²) in [6, 6.07) is 8.08. The van der Waals surface area contributed by atoms with Gasteiger partial charge in [-0.05, 0) is 38.4 Å². The lowest BCUT2D eigenvalue weighted by molar-refractivity contribution is 0.0922. The zero-order chi connectivity index (χ0) is 12.1. The van der Waals surface area contributed by atoms with Gasteiger partial charge in [0.2, 0.25) is 0 Å². The number of nitrogens with one attached hydrogen (secondary N) is 1. The van der Waals surface area contributed by atoms with E-state index in [1.807, 2.05) is 25.2 Å². The van der Waals surface area contributed by atoms with Crippen LogP contribution in [-0.2, 0) is 6.42 Å². The molecule has 2 nitrogen and oxygen atoms in total. The lowest BCUT2D eigenvalue weighted by atomic mass is 9.92. The maximum absolute atomic E-state index is 12.4. The van der Waals surface area contributed by atoms with Crippen molar-refractivity contribution in [1.82, 2.24) is 5.32 Å². The highest BCUT2D eigenvalue weighted by molar-refractivity contribution is 5.99. The number of benzene rings is 1. The summed E-state index contributed by atoms with van der Waals surface area (Å²) in [5, 5.41) is 3.14. The summed E-state index contributed by atoms with van der Waals surface area (Å²) in [5.74, 6) is 0.653. The first-order valence-corrected chi connectivity index (χ1v) is 6.59. The highest BCUT2D eigenvalue weighted by Crippen LogP contribution is 2.29. The first-order chi connectivity index (χ1) is 8.33. The molecule has 0 spiro atoms. The molecule has 0 saturated heterocycles. The maximum atomic E-state index is 12.4. The van der Waals surface area contributed by atoms with Crippen molar-refractivity contribution < 1.29 is 4.79 Å².